The smallest absolute Gasteiger partial charge is 0.271 e. The lowest BCUT2D eigenvalue weighted by atomic mass is 10.2. The van der Waals surface area contributed by atoms with Crippen molar-refractivity contribution in [3.8, 4) is 16.9 Å². The molecule has 2 aromatic carbocycles. The Labute approximate surface area is 115 Å². The molecule has 0 radical (unpaired) electrons. The van der Waals surface area contributed by atoms with Gasteiger partial charge in [0.05, 0.1) is 11.4 Å². The molecule has 0 bridgehead atoms. The standard InChI is InChI=1S/C15H11ClN2O/c16-12-6-4-5-11(9-12)14-10-15(19)18(17-14)13-7-2-1-3-8-13/h1-10,17H. The number of hydrogen-bond donors (Lipinski definition) is 1. The van der Waals surface area contributed by atoms with E-state index in [9.17, 15) is 4.79 Å². The first-order valence-electron chi connectivity index (χ1n) is 5.87. The summed E-state index contributed by atoms with van der Waals surface area (Å²) in [5, 5.41) is 3.73. The lowest BCUT2D eigenvalue weighted by Gasteiger charge is -2.02. The quantitative estimate of drug-likeness (QED) is 0.760. The average molecular weight is 271 g/mol. The first-order chi connectivity index (χ1) is 9.24. The number of hydrogen-bond acceptors (Lipinski definition) is 1. The highest BCUT2D eigenvalue weighted by Crippen LogP contribution is 2.20. The van der Waals surface area contributed by atoms with Crippen molar-refractivity contribution in [2.75, 3.05) is 0 Å². The van der Waals surface area contributed by atoms with Crippen molar-refractivity contribution < 1.29 is 0 Å². The highest BCUT2D eigenvalue weighted by Gasteiger charge is 2.06. The first-order valence-corrected chi connectivity index (χ1v) is 6.25. The minimum absolute atomic E-state index is 0.0961. The first kappa shape index (κ1) is 11.8. The fourth-order valence-corrected chi connectivity index (χ4v) is 2.16. The van der Waals surface area contributed by atoms with E-state index in [1.54, 1.807) is 12.1 Å². The molecule has 3 nitrogen and oxygen atoms in total. The van der Waals surface area contributed by atoms with Gasteiger partial charge in [0.2, 0.25) is 0 Å². The zero-order chi connectivity index (χ0) is 13.2. The third-order valence-electron chi connectivity index (χ3n) is 2.87. The number of nitrogens with zero attached hydrogens (tertiary/aromatic N) is 1. The third kappa shape index (κ3) is 2.33. The number of benzene rings is 2. The average Bonchev–Trinajstić information content (AvgIpc) is 2.82. The molecule has 0 fully saturated rings. The van der Waals surface area contributed by atoms with E-state index in [1.165, 1.54) is 4.68 Å². The van der Waals surface area contributed by atoms with Gasteiger partial charge in [0, 0.05) is 16.7 Å². The number of rotatable bonds is 2. The van der Waals surface area contributed by atoms with Crippen molar-refractivity contribution in [2.24, 2.45) is 0 Å². The summed E-state index contributed by atoms with van der Waals surface area (Å²) in [7, 11) is 0. The van der Waals surface area contributed by atoms with Crippen LogP contribution in [0.3, 0.4) is 0 Å². The van der Waals surface area contributed by atoms with E-state index in [1.807, 2.05) is 48.5 Å². The van der Waals surface area contributed by atoms with E-state index in [0.717, 1.165) is 16.9 Å². The molecule has 0 amide bonds. The van der Waals surface area contributed by atoms with Crippen LogP contribution in [0.5, 0.6) is 0 Å². The minimum Gasteiger partial charge on any atom is -0.290 e. The number of aromatic amines is 1. The highest BCUT2D eigenvalue weighted by atomic mass is 35.5. The zero-order valence-electron chi connectivity index (χ0n) is 10.0. The van der Waals surface area contributed by atoms with Gasteiger partial charge < -0.3 is 0 Å². The van der Waals surface area contributed by atoms with Gasteiger partial charge in [0.1, 0.15) is 0 Å². The maximum absolute atomic E-state index is 12.0. The molecule has 0 unspecified atom stereocenters. The van der Waals surface area contributed by atoms with Gasteiger partial charge in [-0.05, 0) is 24.3 Å². The Bertz CT molecular complexity index is 759. The maximum atomic E-state index is 12.0. The maximum Gasteiger partial charge on any atom is 0.271 e. The van der Waals surface area contributed by atoms with Gasteiger partial charge in [0.25, 0.3) is 5.56 Å². The van der Waals surface area contributed by atoms with Crippen molar-refractivity contribution in [3.63, 3.8) is 0 Å². The zero-order valence-corrected chi connectivity index (χ0v) is 10.8. The summed E-state index contributed by atoms with van der Waals surface area (Å²) in [6, 6.07) is 18.4. The van der Waals surface area contributed by atoms with Crippen LogP contribution in [0.1, 0.15) is 0 Å². The molecule has 0 saturated heterocycles. The topological polar surface area (TPSA) is 37.8 Å². The van der Waals surface area contributed by atoms with Crippen molar-refractivity contribution >= 4 is 11.6 Å². The molecule has 0 aliphatic heterocycles. The molecule has 0 aliphatic carbocycles. The number of nitrogens with one attached hydrogen (secondary N) is 1. The van der Waals surface area contributed by atoms with Crippen LogP contribution in [-0.4, -0.2) is 9.78 Å². The summed E-state index contributed by atoms with van der Waals surface area (Å²) in [6.07, 6.45) is 0. The Kier molecular flexibility index (Phi) is 2.97. The van der Waals surface area contributed by atoms with Crippen molar-refractivity contribution in [1.82, 2.24) is 9.78 Å². The van der Waals surface area contributed by atoms with E-state index in [4.69, 9.17) is 11.6 Å². The van der Waals surface area contributed by atoms with Gasteiger partial charge in [-0.1, -0.05) is 41.9 Å². The van der Waals surface area contributed by atoms with Crippen LogP contribution in [0.25, 0.3) is 16.9 Å². The van der Waals surface area contributed by atoms with Crippen LogP contribution < -0.4 is 5.56 Å². The summed E-state index contributed by atoms with van der Waals surface area (Å²) in [5.41, 5.74) is 2.34. The van der Waals surface area contributed by atoms with E-state index >= 15 is 0 Å². The van der Waals surface area contributed by atoms with Gasteiger partial charge in [-0.2, -0.15) is 0 Å². The second-order valence-corrected chi connectivity index (χ2v) is 4.63. The minimum atomic E-state index is -0.0961. The Morgan fingerprint density at radius 3 is 2.47 bits per heavy atom. The lowest BCUT2D eigenvalue weighted by Crippen LogP contribution is -2.12. The number of H-pyrrole nitrogens is 1. The van der Waals surface area contributed by atoms with Crippen LogP contribution in [0.4, 0.5) is 0 Å². The van der Waals surface area contributed by atoms with Crippen LogP contribution in [-0.2, 0) is 0 Å². The van der Waals surface area contributed by atoms with Crippen LogP contribution >= 0.6 is 11.6 Å². The number of para-hydroxylation sites is 1. The van der Waals surface area contributed by atoms with Crippen molar-refractivity contribution in [3.05, 3.63) is 76.0 Å². The fraction of sp³-hybridized carbons (Fsp3) is 0. The molecule has 1 heterocycles. The molecular formula is C15H11ClN2O. The van der Waals surface area contributed by atoms with Crippen molar-refractivity contribution in [1.29, 1.82) is 0 Å². The molecular weight excluding hydrogens is 260 g/mol. The normalized spacial score (nSPS) is 10.6. The van der Waals surface area contributed by atoms with Gasteiger partial charge in [-0.25, -0.2) is 4.68 Å². The van der Waals surface area contributed by atoms with E-state index in [2.05, 4.69) is 5.10 Å². The number of aromatic nitrogens is 2. The van der Waals surface area contributed by atoms with Gasteiger partial charge in [-0.15, -0.1) is 0 Å². The van der Waals surface area contributed by atoms with E-state index in [-0.39, 0.29) is 5.56 Å². The molecule has 1 N–H and O–H groups in total. The summed E-state index contributed by atoms with van der Waals surface area (Å²) in [6.45, 7) is 0. The van der Waals surface area contributed by atoms with Crippen LogP contribution in [0.15, 0.2) is 65.5 Å². The highest BCUT2D eigenvalue weighted by molar-refractivity contribution is 6.30. The van der Waals surface area contributed by atoms with Gasteiger partial charge >= 0.3 is 0 Å². The molecule has 3 aromatic rings. The van der Waals surface area contributed by atoms with Crippen LogP contribution in [0.2, 0.25) is 5.02 Å². The van der Waals surface area contributed by atoms with Gasteiger partial charge in [-0.3, -0.25) is 9.89 Å². The number of halogens is 1. The van der Waals surface area contributed by atoms with E-state index < -0.39 is 0 Å². The summed E-state index contributed by atoms with van der Waals surface area (Å²) in [5.74, 6) is 0. The van der Waals surface area contributed by atoms with Crippen LogP contribution in [0, 0.1) is 0 Å². The molecule has 0 spiro atoms. The Morgan fingerprint density at radius 1 is 0.947 bits per heavy atom. The fourth-order valence-electron chi connectivity index (χ4n) is 1.97. The van der Waals surface area contributed by atoms with Crippen molar-refractivity contribution in [2.45, 2.75) is 0 Å². The molecule has 3 rings (SSSR count). The Morgan fingerprint density at radius 2 is 1.74 bits per heavy atom. The molecule has 0 aliphatic rings. The van der Waals surface area contributed by atoms with E-state index in [0.29, 0.717) is 5.02 Å². The molecule has 0 saturated carbocycles. The predicted molar refractivity (Wildman–Crippen MR) is 76.8 cm³/mol. The third-order valence-corrected chi connectivity index (χ3v) is 3.11. The molecule has 1 aromatic heterocycles. The largest absolute Gasteiger partial charge is 0.290 e. The Balaban J connectivity index is 2.10. The molecule has 4 heteroatoms. The molecule has 94 valence electrons. The summed E-state index contributed by atoms with van der Waals surface area (Å²) >= 11 is 5.96. The summed E-state index contributed by atoms with van der Waals surface area (Å²) in [4.78, 5) is 12.0. The lowest BCUT2D eigenvalue weighted by molar-refractivity contribution is 0.852. The summed E-state index contributed by atoms with van der Waals surface area (Å²) < 4.78 is 1.51. The molecule has 19 heavy (non-hydrogen) atoms. The second-order valence-electron chi connectivity index (χ2n) is 4.19. The van der Waals surface area contributed by atoms with Gasteiger partial charge in [0.15, 0.2) is 0 Å². The SMILES string of the molecule is O=c1cc(-c2cccc(Cl)c2)[nH]n1-c1ccccc1. The Hall–Kier alpha value is -2.26. The molecule has 0 atom stereocenters. The predicted octanol–water partition coefficient (Wildman–Crippen LogP) is 3.49. The monoisotopic (exact) mass is 270 g/mol. The second kappa shape index (κ2) is 4.78.